The van der Waals surface area contributed by atoms with Gasteiger partial charge in [-0.05, 0) is 57.8 Å². The summed E-state index contributed by atoms with van der Waals surface area (Å²) in [6.07, 6.45) is 16.0. The number of hydrogen-bond acceptors (Lipinski definition) is 4. The first-order chi connectivity index (χ1) is 12.4. The van der Waals surface area contributed by atoms with Gasteiger partial charge in [0.15, 0.2) is 0 Å². The van der Waals surface area contributed by atoms with E-state index in [4.69, 9.17) is 5.11 Å². The lowest BCUT2D eigenvalue weighted by molar-refractivity contribution is -0.120. The fourth-order valence-corrected chi connectivity index (χ4v) is 3.55. The van der Waals surface area contributed by atoms with Gasteiger partial charge in [-0.15, -0.1) is 0 Å². The molecule has 150 valence electrons. The van der Waals surface area contributed by atoms with Crippen molar-refractivity contribution >= 4 is 5.78 Å². The lowest BCUT2D eigenvalue weighted by Crippen LogP contribution is -2.22. The van der Waals surface area contributed by atoms with Crippen molar-refractivity contribution in [3.63, 3.8) is 0 Å². The molecule has 1 saturated carbocycles. The van der Waals surface area contributed by atoms with Gasteiger partial charge in [0.05, 0.1) is 18.3 Å². The van der Waals surface area contributed by atoms with E-state index in [-0.39, 0.29) is 18.4 Å². The quantitative estimate of drug-likeness (QED) is 0.341. The highest BCUT2D eigenvalue weighted by Gasteiger charge is 2.31. The average Bonchev–Trinajstić information content (AvgIpc) is 2.96. The zero-order chi connectivity index (χ0) is 19.4. The summed E-state index contributed by atoms with van der Waals surface area (Å²) < 4.78 is 0. The van der Waals surface area contributed by atoms with Gasteiger partial charge in [0.2, 0.25) is 0 Å². The lowest BCUT2D eigenvalue weighted by atomic mass is 9.89. The van der Waals surface area contributed by atoms with Crippen molar-refractivity contribution in [3.05, 3.63) is 24.3 Å². The number of allylic oxidation sites excluding steroid dienone is 3. The number of aliphatic hydroxyl groups excluding tert-OH is 2. The minimum Gasteiger partial charge on any atom is -0.394 e. The first-order valence-corrected chi connectivity index (χ1v) is 10.2. The van der Waals surface area contributed by atoms with Crippen LogP contribution in [0.3, 0.4) is 0 Å². The second-order valence-corrected chi connectivity index (χ2v) is 7.98. The van der Waals surface area contributed by atoms with Crippen molar-refractivity contribution in [2.45, 2.75) is 89.8 Å². The largest absolute Gasteiger partial charge is 0.394 e. The summed E-state index contributed by atoms with van der Waals surface area (Å²) >= 11 is 0. The van der Waals surface area contributed by atoms with E-state index in [2.05, 4.69) is 31.2 Å². The number of unbranched alkanes of at least 4 members (excludes halogenated alkanes) is 2. The number of carbonyl (C=O) groups excluding carboxylic acids is 1. The van der Waals surface area contributed by atoms with E-state index < -0.39 is 11.7 Å². The molecule has 4 atom stereocenters. The molecule has 1 aliphatic carbocycles. The Labute approximate surface area is 159 Å². The summed E-state index contributed by atoms with van der Waals surface area (Å²) in [7, 11) is 0. The van der Waals surface area contributed by atoms with E-state index in [1.165, 1.54) is 0 Å². The molecular formula is C22H38O4. The fraction of sp³-hybridized carbons (Fsp3) is 0.773. The molecule has 4 heteroatoms. The smallest absolute Gasteiger partial charge is 0.136 e. The van der Waals surface area contributed by atoms with Gasteiger partial charge in [-0.2, -0.15) is 0 Å². The standard InChI is InChI=1S/C22H38O4/c1-3-4-15-22(2,26)16-9-10-18-13-14-21(25)20(18)12-8-6-5-7-11-19(24)17-23/h6,8-10,18-20,23-24,26H,3-5,7,11-17H2,1-2H3/t18-,19?,20+,22?/m0/s1. The molecule has 2 unspecified atom stereocenters. The molecule has 0 aromatic rings. The van der Waals surface area contributed by atoms with Gasteiger partial charge in [-0.1, -0.05) is 44.1 Å². The number of hydrogen-bond donors (Lipinski definition) is 3. The van der Waals surface area contributed by atoms with Crippen molar-refractivity contribution in [2.24, 2.45) is 11.8 Å². The van der Waals surface area contributed by atoms with Crippen molar-refractivity contribution in [1.29, 1.82) is 0 Å². The van der Waals surface area contributed by atoms with Crippen LogP contribution in [0.4, 0.5) is 0 Å². The maximum absolute atomic E-state index is 12.2. The Morgan fingerprint density at radius 3 is 2.73 bits per heavy atom. The zero-order valence-electron chi connectivity index (χ0n) is 16.6. The van der Waals surface area contributed by atoms with Crippen LogP contribution in [0.15, 0.2) is 24.3 Å². The van der Waals surface area contributed by atoms with Crippen molar-refractivity contribution < 1.29 is 20.1 Å². The maximum atomic E-state index is 12.2. The summed E-state index contributed by atoms with van der Waals surface area (Å²) in [5, 5.41) is 28.4. The summed E-state index contributed by atoms with van der Waals surface area (Å²) in [4.78, 5) is 12.2. The molecular weight excluding hydrogens is 328 g/mol. The summed E-state index contributed by atoms with van der Waals surface area (Å²) in [5.74, 6) is 0.689. The van der Waals surface area contributed by atoms with Crippen LogP contribution in [-0.4, -0.2) is 39.4 Å². The number of ketones is 1. The highest BCUT2D eigenvalue weighted by Crippen LogP contribution is 2.33. The molecule has 3 N–H and O–H groups in total. The molecule has 0 saturated heterocycles. The van der Waals surface area contributed by atoms with E-state index in [0.29, 0.717) is 25.0 Å². The molecule has 4 nitrogen and oxygen atoms in total. The van der Waals surface area contributed by atoms with Crippen molar-refractivity contribution in [1.82, 2.24) is 0 Å². The van der Waals surface area contributed by atoms with Crippen LogP contribution in [0.1, 0.15) is 78.1 Å². The third-order valence-corrected chi connectivity index (χ3v) is 5.34. The third-order valence-electron chi connectivity index (χ3n) is 5.34. The van der Waals surface area contributed by atoms with Crippen LogP contribution in [0.5, 0.6) is 0 Å². The van der Waals surface area contributed by atoms with Crippen molar-refractivity contribution in [2.75, 3.05) is 6.61 Å². The predicted octanol–water partition coefficient (Wildman–Crippen LogP) is 3.94. The van der Waals surface area contributed by atoms with E-state index in [9.17, 15) is 15.0 Å². The Balaban J connectivity index is 2.39. The summed E-state index contributed by atoms with van der Waals surface area (Å²) in [6.45, 7) is 3.84. The number of carbonyl (C=O) groups is 1. The number of aliphatic hydroxyl groups is 3. The van der Waals surface area contributed by atoms with Crippen LogP contribution in [0.2, 0.25) is 0 Å². The number of rotatable bonds is 13. The van der Waals surface area contributed by atoms with E-state index >= 15 is 0 Å². The first kappa shape index (κ1) is 23.1. The Morgan fingerprint density at radius 2 is 2.04 bits per heavy atom. The molecule has 26 heavy (non-hydrogen) atoms. The molecule has 0 aliphatic heterocycles. The molecule has 0 aromatic heterocycles. The minimum atomic E-state index is -0.649. The predicted molar refractivity (Wildman–Crippen MR) is 106 cm³/mol. The Hall–Kier alpha value is -0.970. The van der Waals surface area contributed by atoms with Crippen LogP contribution < -0.4 is 0 Å². The fourth-order valence-electron chi connectivity index (χ4n) is 3.55. The van der Waals surface area contributed by atoms with Gasteiger partial charge in [0.1, 0.15) is 5.78 Å². The Kier molecular flexibility index (Phi) is 11.0. The van der Waals surface area contributed by atoms with Crippen LogP contribution in [0.25, 0.3) is 0 Å². The van der Waals surface area contributed by atoms with Crippen LogP contribution in [0, 0.1) is 11.8 Å². The molecule has 1 fully saturated rings. The summed E-state index contributed by atoms with van der Waals surface area (Å²) in [6, 6.07) is 0. The van der Waals surface area contributed by atoms with E-state index in [1.807, 2.05) is 6.92 Å². The Morgan fingerprint density at radius 1 is 1.27 bits per heavy atom. The molecule has 1 rings (SSSR count). The Bertz CT molecular complexity index is 453. The van der Waals surface area contributed by atoms with Gasteiger partial charge in [-0.25, -0.2) is 0 Å². The first-order valence-electron chi connectivity index (χ1n) is 10.2. The van der Waals surface area contributed by atoms with Gasteiger partial charge < -0.3 is 15.3 Å². The third kappa shape index (κ3) is 9.11. The zero-order valence-corrected chi connectivity index (χ0v) is 16.6. The molecule has 0 radical (unpaired) electrons. The highest BCUT2D eigenvalue weighted by atomic mass is 16.3. The topological polar surface area (TPSA) is 77.8 Å². The van der Waals surface area contributed by atoms with E-state index in [0.717, 1.165) is 44.9 Å². The molecule has 0 amide bonds. The van der Waals surface area contributed by atoms with Crippen LogP contribution >= 0.6 is 0 Å². The summed E-state index contributed by atoms with van der Waals surface area (Å²) in [5.41, 5.74) is -0.649. The van der Waals surface area contributed by atoms with Crippen molar-refractivity contribution in [3.8, 4) is 0 Å². The number of Topliss-reactive ketones (excluding diaryl/α,β-unsaturated/α-hetero) is 1. The molecule has 0 bridgehead atoms. The van der Waals surface area contributed by atoms with Gasteiger partial charge in [0.25, 0.3) is 0 Å². The van der Waals surface area contributed by atoms with Gasteiger partial charge in [0, 0.05) is 12.3 Å². The average molecular weight is 367 g/mol. The maximum Gasteiger partial charge on any atom is 0.136 e. The molecule has 0 heterocycles. The molecule has 0 spiro atoms. The monoisotopic (exact) mass is 366 g/mol. The van der Waals surface area contributed by atoms with Gasteiger partial charge in [-0.3, -0.25) is 4.79 Å². The van der Waals surface area contributed by atoms with Gasteiger partial charge >= 0.3 is 0 Å². The highest BCUT2D eigenvalue weighted by molar-refractivity contribution is 5.83. The normalized spacial score (nSPS) is 24.6. The second-order valence-electron chi connectivity index (χ2n) is 7.98. The SMILES string of the molecule is CCCCC(C)(O)CC=C[C@H]1CCC(=O)[C@@H]1CC=CCCCC(O)CO. The minimum absolute atomic E-state index is 0.0612. The van der Waals surface area contributed by atoms with E-state index in [1.54, 1.807) is 0 Å². The molecule has 0 aromatic carbocycles. The second kappa shape index (κ2) is 12.4. The van der Waals surface area contributed by atoms with Crippen LogP contribution in [-0.2, 0) is 4.79 Å². The molecule has 1 aliphatic rings. The lowest BCUT2D eigenvalue weighted by Gasteiger charge is -2.21.